The van der Waals surface area contributed by atoms with Crippen molar-refractivity contribution in [1.29, 1.82) is 0 Å². The number of benzene rings is 2. The zero-order valence-electron chi connectivity index (χ0n) is 43.3. The lowest BCUT2D eigenvalue weighted by atomic mass is 9.46. The Kier molecular flexibility index (Phi) is 18.7. The summed E-state index contributed by atoms with van der Waals surface area (Å²) >= 11 is 0. The van der Waals surface area contributed by atoms with Gasteiger partial charge in [-0.05, 0) is 131 Å². The predicted molar refractivity (Wildman–Crippen MR) is 275 cm³/mol. The molecule has 402 valence electrons. The van der Waals surface area contributed by atoms with E-state index in [0.717, 1.165) is 109 Å². The van der Waals surface area contributed by atoms with Crippen molar-refractivity contribution < 1.29 is 62.4 Å². The van der Waals surface area contributed by atoms with E-state index in [2.05, 4.69) is 43.4 Å². The van der Waals surface area contributed by atoms with Crippen LogP contribution in [-0.4, -0.2) is 113 Å². The number of phosphoric ester groups is 1. The fourth-order valence-corrected chi connectivity index (χ4v) is 14.2. The number of fused-ring (bicyclic) bond motifs is 7. The van der Waals surface area contributed by atoms with Crippen LogP contribution in [0.5, 0.6) is 5.75 Å². The van der Waals surface area contributed by atoms with Crippen LogP contribution >= 0.6 is 7.82 Å². The molecule has 5 aliphatic carbocycles. The minimum absolute atomic E-state index is 0.0195. The standard InChI is InChI=1S/C57H81N2O13P/c1-4-59(36-42-31-41(22-25-49(42)72-73(65,66)67)48(62)35-58-28-14-5-6-15-29-68-30-16-13-19-39-17-9-7-10-18-39)37-52(64)69-38-50(63)57-51(70-54(71-57)40-20-11-8-12-21-40)33-46-45-24-23-43-32-44(60)26-27-55(43,2)53(45)47(61)34-56(46,57)3/h7,9-10,17-18,22,25-27,31-32,40,45-48,51,53-54,58,61-62H,4-6,8,11-16,19-21,23-24,28-30,33-38H2,1-3H3,(H2,65,66,67)/t45-,46-,47-,48?,51+,53+,54+,55-,56-,57+/m0/s1. The Morgan fingerprint density at radius 3 is 2.48 bits per heavy atom. The van der Waals surface area contributed by atoms with Gasteiger partial charge in [0.1, 0.15) is 5.75 Å². The lowest BCUT2D eigenvalue weighted by molar-refractivity contribution is -0.210. The molecule has 16 heteroatoms. The summed E-state index contributed by atoms with van der Waals surface area (Å²) in [4.78, 5) is 62.5. The number of carbonyl (C=O) groups is 3. The Morgan fingerprint density at radius 1 is 0.973 bits per heavy atom. The monoisotopic (exact) mass is 1030 g/mol. The number of aryl methyl sites for hydroxylation is 1. The molecule has 5 N–H and O–H groups in total. The number of rotatable bonds is 26. The van der Waals surface area contributed by atoms with Crippen LogP contribution in [0.1, 0.15) is 140 Å². The van der Waals surface area contributed by atoms with E-state index in [1.165, 1.54) is 11.6 Å². The Labute approximate surface area is 432 Å². The molecule has 8 rings (SSSR count). The van der Waals surface area contributed by atoms with E-state index in [1.54, 1.807) is 29.2 Å². The largest absolute Gasteiger partial charge is 0.524 e. The van der Waals surface area contributed by atoms with Crippen molar-refractivity contribution >= 4 is 25.4 Å². The summed E-state index contributed by atoms with van der Waals surface area (Å²) in [6.45, 7) is 8.06. The summed E-state index contributed by atoms with van der Waals surface area (Å²) in [5, 5.41) is 26.7. The van der Waals surface area contributed by atoms with Crippen molar-refractivity contribution in [2.75, 3.05) is 46.0 Å². The van der Waals surface area contributed by atoms with E-state index in [0.29, 0.717) is 37.1 Å². The number of ketones is 2. The molecular formula is C57H81N2O13P. The van der Waals surface area contributed by atoms with Gasteiger partial charge in [-0.2, -0.15) is 0 Å². The normalized spacial score (nSPS) is 30.3. The van der Waals surface area contributed by atoms with E-state index in [-0.39, 0.29) is 60.6 Å². The number of hydrogen-bond acceptors (Lipinski definition) is 13. The van der Waals surface area contributed by atoms with Crippen LogP contribution in [-0.2, 0) is 50.9 Å². The van der Waals surface area contributed by atoms with Crippen molar-refractivity contribution in [3.63, 3.8) is 0 Å². The third kappa shape index (κ3) is 12.8. The third-order valence-corrected chi connectivity index (χ3v) is 18.0. The van der Waals surface area contributed by atoms with Gasteiger partial charge in [-0.25, -0.2) is 4.57 Å². The van der Waals surface area contributed by atoms with Crippen LogP contribution in [0.3, 0.4) is 0 Å². The van der Waals surface area contributed by atoms with Crippen LogP contribution in [0.4, 0.5) is 0 Å². The summed E-state index contributed by atoms with van der Waals surface area (Å²) < 4.78 is 42.7. The van der Waals surface area contributed by atoms with Gasteiger partial charge in [0.05, 0.1) is 24.9 Å². The summed E-state index contributed by atoms with van der Waals surface area (Å²) in [5.74, 6) is -1.18. The topological polar surface area (TPSA) is 211 Å². The van der Waals surface area contributed by atoms with Gasteiger partial charge in [-0.1, -0.05) is 101 Å². The molecule has 6 aliphatic rings. The number of likely N-dealkylation sites (N-methyl/N-ethyl adjacent to an activating group) is 1. The SMILES string of the molecule is CCN(CC(=O)OCC(=O)[C@@]12O[C@H](C3CCCCC3)O[C@@H]1C[C@H]1[C@@H]3CCC4=CC(=O)C=C[C@]4(C)[C@H]3[C@@H](O)C[C@@]12C)Cc1cc(C(O)CNCCCCCCOCCCCc2ccccc2)ccc1OP(=O)(O)O. The number of nitrogens with one attached hydrogen (secondary N) is 1. The van der Waals surface area contributed by atoms with E-state index in [9.17, 15) is 34.2 Å². The van der Waals surface area contributed by atoms with Gasteiger partial charge in [0.25, 0.3) is 0 Å². The average molecular weight is 1030 g/mol. The molecule has 0 aromatic heterocycles. The molecule has 2 aromatic carbocycles. The van der Waals surface area contributed by atoms with Crippen molar-refractivity contribution in [3.05, 3.63) is 89.0 Å². The second-order valence-electron chi connectivity index (χ2n) is 22.2. The zero-order valence-corrected chi connectivity index (χ0v) is 44.2. The molecule has 0 amide bonds. The molecule has 4 saturated carbocycles. The van der Waals surface area contributed by atoms with Crippen molar-refractivity contribution in [1.82, 2.24) is 10.2 Å². The Balaban J connectivity index is 0.850. The quantitative estimate of drug-likeness (QED) is 0.0341. The first-order chi connectivity index (χ1) is 35.0. The second-order valence-corrected chi connectivity index (χ2v) is 23.4. The first-order valence-corrected chi connectivity index (χ1v) is 28.8. The van der Waals surface area contributed by atoms with Crippen LogP contribution in [0.2, 0.25) is 0 Å². The number of carbonyl (C=O) groups excluding carboxylic acids is 3. The number of aliphatic hydroxyl groups excluding tert-OH is 2. The molecule has 1 heterocycles. The highest BCUT2D eigenvalue weighted by Gasteiger charge is 2.76. The molecule has 0 bridgehead atoms. The fourth-order valence-electron chi connectivity index (χ4n) is 13.8. The second kappa shape index (κ2) is 24.6. The molecule has 73 heavy (non-hydrogen) atoms. The fraction of sp³-hybridized carbons (Fsp3) is 0.667. The zero-order chi connectivity index (χ0) is 51.8. The summed E-state index contributed by atoms with van der Waals surface area (Å²) in [5.41, 5.74) is 0.504. The van der Waals surface area contributed by atoms with Gasteiger partial charge in [0, 0.05) is 54.5 Å². The van der Waals surface area contributed by atoms with Gasteiger partial charge in [0.2, 0.25) is 5.78 Å². The Hall–Kier alpha value is -3.60. The maximum absolute atomic E-state index is 15.0. The Bertz CT molecular complexity index is 2320. The summed E-state index contributed by atoms with van der Waals surface area (Å²) in [6, 6.07) is 15.1. The number of ether oxygens (including phenoxy) is 4. The molecule has 15 nitrogen and oxygen atoms in total. The first-order valence-electron chi connectivity index (χ1n) is 27.3. The van der Waals surface area contributed by atoms with E-state index in [4.69, 9.17) is 23.5 Å². The summed E-state index contributed by atoms with van der Waals surface area (Å²) in [6.07, 6.45) is 17.2. The molecule has 10 atom stereocenters. The lowest BCUT2D eigenvalue weighted by Crippen LogP contribution is -2.63. The van der Waals surface area contributed by atoms with Gasteiger partial charge in [-0.15, -0.1) is 0 Å². The molecule has 1 saturated heterocycles. The van der Waals surface area contributed by atoms with Gasteiger partial charge in [0.15, 0.2) is 24.3 Å². The molecule has 0 spiro atoms. The third-order valence-electron chi connectivity index (χ3n) is 17.5. The predicted octanol–water partition coefficient (Wildman–Crippen LogP) is 8.26. The highest BCUT2D eigenvalue weighted by atomic mass is 31.2. The highest BCUT2D eigenvalue weighted by Crippen LogP contribution is 2.70. The molecule has 5 fully saturated rings. The van der Waals surface area contributed by atoms with Crippen LogP contribution in [0.15, 0.2) is 72.3 Å². The average Bonchev–Trinajstić information content (AvgIpc) is 3.88. The molecule has 1 unspecified atom stereocenters. The molecular weight excluding hydrogens is 952 g/mol. The van der Waals surface area contributed by atoms with Crippen molar-refractivity contribution in [2.24, 2.45) is 34.5 Å². The molecule has 2 aromatic rings. The van der Waals surface area contributed by atoms with Gasteiger partial charge in [-0.3, -0.25) is 29.1 Å². The van der Waals surface area contributed by atoms with Gasteiger partial charge >= 0.3 is 13.8 Å². The summed E-state index contributed by atoms with van der Waals surface area (Å²) in [7, 11) is -4.97. The highest BCUT2D eigenvalue weighted by molar-refractivity contribution is 7.46. The number of allylic oxidation sites excluding steroid dienone is 4. The van der Waals surface area contributed by atoms with E-state index < -0.39 is 61.4 Å². The number of esters is 1. The maximum atomic E-state index is 15.0. The van der Waals surface area contributed by atoms with E-state index >= 15 is 4.79 Å². The van der Waals surface area contributed by atoms with E-state index in [1.807, 2.05) is 19.1 Å². The van der Waals surface area contributed by atoms with Crippen molar-refractivity contribution in [2.45, 2.75) is 160 Å². The number of hydrogen-bond donors (Lipinski definition) is 5. The minimum atomic E-state index is -4.97. The smallest absolute Gasteiger partial charge is 0.457 e. The van der Waals surface area contributed by atoms with Gasteiger partial charge < -0.3 is 39.0 Å². The van der Waals surface area contributed by atoms with Crippen molar-refractivity contribution in [3.8, 4) is 5.75 Å². The number of unbranched alkanes of at least 4 members (excludes halogenated alkanes) is 4. The molecule has 0 radical (unpaired) electrons. The number of aliphatic hydroxyl groups is 2. The van der Waals surface area contributed by atoms with Crippen LogP contribution in [0.25, 0.3) is 0 Å². The van der Waals surface area contributed by atoms with Crippen LogP contribution < -0.4 is 9.84 Å². The number of phosphoric acid groups is 1. The Morgan fingerprint density at radius 2 is 1.73 bits per heavy atom. The number of nitrogens with zero attached hydrogens (tertiary/aromatic N) is 1. The molecule has 1 aliphatic heterocycles. The minimum Gasteiger partial charge on any atom is -0.457 e. The number of Topliss-reactive ketones (excluding diaryl/α,β-unsaturated/α-hetero) is 1. The van der Waals surface area contributed by atoms with Crippen LogP contribution in [0, 0.1) is 34.5 Å². The lowest BCUT2D eigenvalue weighted by Gasteiger charge is -2.59. The maximum Gasteiger partial charge on any atom is 0.524 e. The first kappa shape index (κ1) is 55.6.